The minimum atomic E-state index is -0.243. The number of aromatic amines is 1. The first-order valence-electron chi connectivity index (χ1n) is 5.79. The Labute approximate surface area is 121 Å². The van der Waals surface area contributed by atoms with E-state index in [1.54, 1.807) is 18.2 Å². The highest BCUT2D eigenvalue weighted by molar-refractivity contribution is 6.35. The van der Waals surface area contributed by atoms with Crippen molar-refractivity contribution in [1.29, 1.82) is 0 Å². The summed E-state index contributed by atoms with van der Waals surface area (Å²) < 4.78 is 5.70. The number of nitrogens with one attached hydrogen (secondary N) is 2. The van der Waals surface area contributed by atoms with Crippen LogP contribution in [0.1, 0.15) is 25.7 Å². The number of halogens is 2. The molecule has 1 heterocycles. The van der Waals surface area contributed by atoms with Gasteiger partial charge in [0.05, 0.1) is 11.1 Å². The van der Waals surface area contributed by atoms with Crippen LogP contribution in [0.25, 0.3) is 0 Å². The third-order valence-corrected chi connectivity index (χ3v) is 3.03. The minimum absolute atomic E-state index is 0.0349. The molecule has 2 aromatic rings. The van der Waals surface area contributed by atoms with Gasteiger partial charge in [-0.25, -0.2) is 4.98 Å². The highest BCUT2D eigenvalue weighted by Crippen LogP contribution is 2.28. The van der Waals surface area contributed by atoms with Crippen LogP contribution >= 0.6 is 23.2 Å². The zero-order valence-corrected chi connectivity index (χ0v) is 12.0. The quantitative estimate of drug-likeness (QED) is 0.833. The summed E-state index contributed by atoms with van der Waals surface area (Å²) in [5.41, 5.74) is 0. The average Bonchev–Trinajstić information content (AvgIpc) is 2.86. The molecule has 1 aromatic carbocycles. The molecule has 0 aliphatic heterocycles. The summed E-state index contributed by atoms with van der Waals surface area (Å²) in [6, 6.07) is 5.07. The molecule has 5 nitrogen and oxygen atoms in total. The molecule has 0 aliphatic carbocycles. The van der Waals surface area contributed by atoms with E-state index in [9.17, 15) is 0 Å². The van der Waals surface area contributed by atoms with Gasteiger partial charge in [-0.05, 0) is 32.0 Å². The zero-order valence-electron chi connectivity index (χ0n) is 10.5. The fraction of sp³-hybridized carbons (Fsp3) is 0.333. The topological polar surface area (TPSA) is 62.8 Å². The first kappa shape index (κ1) is 14.1. The minimum Gasteiger partial charge on any atom is -0.474 e. The number of aromatic nitrogens is 3. The Hall–Kier alpha value is -1.30. The van der Waals surface area contributed by atoms with Crippen molar-refractivity contribution in [3.63, 3.8) is 0 Å². The van der Waals surface area contributed by atoms with E-state index in [-0.39, 0.29) is 12.3 Å². The molecule has 1 aromatic heterocycles. The molecular weight excluding hydrogens is 287 g/mol. The lowest BCUT2D eigenvalue weighted by molar-refractivity contribution is 0.167. The van der Waals surface area contributed by atoms with Crippen molar-refractivity contribution < 1.29 is 4.74 Å². The van der Waals surface area contributed by atoms with E-state index in [0.29, 0.717) is 21.6 Å². The molecule has 102 valence electrons. The lowest BCUT2D eigenvalue weighted by Crippen LogP contribution is -2.34. The Morgan fingerprint density at radius 1 is 1.32 bits per heavy atom. The molecule has 2 rings (SSSR count). The molecule has 0 radical (unpaired) electrons. The zero-order chi connectivity index (χ0) is 13.8. The highest BCUT2D eigenvalue weighted by Gasteiger charge is 2.14. The fourth-order valence-corrected chi connectivity index (χ4v) is 2.10. The maximum absolute atomic E-state index is 6.04. The van der Waals surface area contributed by atoms with Gasteiger partial charge in [0.1, 0.15) is 18.3 Å². The summed E-state index contributed by atoms with van der Waals surface area (Å²) in [5.74, 6) is 1.26. The van der Waals surface area contributed by atoms with Gasteiger partial charge in [0.2, 0.25) is 0 Å². The molecule has 2 atom stereocenters. The number of hydrogen-bond donors (Lipinski definition) is 2. The van der Waals surface area contributed by atoms with Gasteiger partial charge in [0, 0.05) is 5.02 Å². The summed E-state index contributed by atoms with van der Waals surface area (Å²) in [6.07, 6.45) is 1.29. The lowest BCUT2D eigenvalue weighted by Gasteiger charge is -2.20. The number of benzene rings is 1. The van der Waals surface area contributed by atoms with E-state index in [1.165, 1.54) is 6.33 Å². The molecule has 7 heteroatoms. The van der Waals surface area contributed by atoms with Crippen LogP contribution in [0.4, 0.5) is 0 Å². The lowest BCUT2D eigenvalue weighted by atomic mass is 10.3. The predicted molar refractivity (Wildman–Crippen MR) is 74.5 cm³/mol. The van der Waals surface area contributed by atoms with Crippen molar-refractivity contribution >= 4 is 23.2 Å². The Bertz CT molecular complexity index is 533. The number of H-pyrrole nitrogens is 1. The van der Waals surface area contributed by atoms with Crippen LogP contribution in [0.5, 0.6) is 5.75 Å². The molecule has 0 spiro atoms. The first-order chi connectivity index (χ1) is 9.06. The van der Waals surface area contributed by atoms with Gasteiger partial charge >= 0.3 is 0 Å². The van der Waals surface area contributed by atoms with Gasteiger partial charge < -0.3 is 4.74 Å². The smallest absolute Gasteiger partial charge is 0.167 e. The van der Waals surface area contributed by atoms with Crippen molar-refractivity contribution in [1.82, 2.24) is 20.5 Å². The summed E-state index contributed by atoms with van der Waals surface area (Å²) in [4.78, 5) is 4.08. The third kappa shape index (κ3) is 3.83. The van der Waals surface area contributed by atoms with Crippen LogP contribution in [0.3, 0.4) is 0 Å². The van der Waals surface area contributed by atoms with Crippen molar-refractivity contribution in [2.24, 2.45) is 0 Å². The van der Waals surface area contributed by atoms with Crippen LogP contribution < -0.4 is 10.1 Å². The van der Waals surface area contributed by atoms with Gasteiger partial charge in [-0.15, -0.1) is 0 Å². The van der Waals surface area contributed by atoms with Crippen LogP contribution in [0.15, 0.2) is 24.5 Å². The van der Waals surface area contributed by atoms with Crippen LogP contribution in [0, 0.1) is 0 Å². The van der Waals surface area contributed by atoms with Crippen molar-refractivity contribution in [2.75, 3.05) is 0 Å². The number of ether oxygens (including phenoxy) is 1. The predicted octanol–water partition coefficient (Wildman–Crippen LogP) is 3.19. The summed E-state index contributed by atoms with van der Waals surface area (Å²) in [7, 11) is 0. The van der Waals surface area contributed by atoms with Crippen molar-refractivity contribution in [2.45, 2.75) is 26.1 Å². The number of hydrogen-bond acceptors (Lipinski definition) is 4. The van der Waals surface area contributed by atoms with Gasteiger partial charge in [-0.3, -0.25) is 10.4 Å². The average molecular weight is 301 g/mol. The van der Waals surface area contributed by atoms with Crippen molar-refractivity contribution in [3.05, 3.63) is 40.4 Å². The van der Waals surface area contributed by atoms with Crippen LogP contribution in [-0.4, -0.2) is 21.4 Å². The summed E-state index contributed by atoms with van der Waals surface area (Å²) in [6.45, 7) is 3.83. The standard InChI is InChI=1S/C12H14Cl2N4O/c1-7(12-15-6-16-18-12)17-8(2)19-11-4-3-9(13)5-10(11)14/h3-8,17H,1-2H3,(H,15,16,18). The second kappa shape index (κ2) is 6.23. The van der Waals surface area contributed by atoms with E-state index in [1.807, 2.05) is 13.8 Å². The first-order valence-corrected chi connectivity index (χ1v) is 6.55. The van der Waals surface area contributed by atoms with Crippen molar-refractivity contribution in [3.8, 4) is 5.75 Å². The Balaban J connectivity index is 1.95. The Morgan fingerprint density at radius 3 is 2.74 bits per heavy atom. The SMILES string of the molecule is CC(NC(C)c1nc[nH]n1)Oc1ccc(Cl)cc1Cl. The molecule has 0 amide bonds. The fourth-order valence-electron chi connectivity index (χ4n) is 1.65. The molecule has 2 N–H and O–H groups in total. The van der Waals surface area contributed by atoms with E-state index < -0.39 is 0 Å². The van der Waals surface area contributed by atoms with E-state index in [4.69, 9.17) is 27.9 Å². The highest BCUT2D eigenvalue weighted by atomic mass is 35.5. The van der Waals surface area contributed by atoms with E-state index in [0.717, 1.165) is 0 Å². The molecule has 0 aliphatic rings. The molecule has 19 heavy (non-hydrogen) atoms. The van der Waals surface area contributed by atoms with E-state index >= 15 is 0 Å². The molecule has 0 bridgehead atoms. The third-order valence-electron chi connectivity index (χ3n) is 2.50. The molecular formula is C12H14Cl2N4O. The second-order valence-corrected chi connectivity index (χ2v) is 4.92. The number of rotatable bonds is 5. The van der Waals surface area contributed by atoms with E-state index in [2.05, 4.69) is 20.5 Å². The largest absolute Gasteiger partial charge is 0.474 e. The number of nitrogens with zero attached hydrogens (tertiary/aromatic N) is 2. The molecule has 0 fully saturated rings. The molecule has 0 saturated carbocycles. The van der Waals surface area contributed by atoms with Gasteiger partial charge in [-0.2, -0.15) is 5.10 Å². The molecule has 0 saturated heterocycles. The van der Waals surface area contributed by atoms with Gasteiger partial charge in [-0.1, -0.05) is 23.2 Å². The second-order valence-electron chi connectivity index (χ2n) is 4.08. The van der Waals surface area contributed by atoms with Crippen LogP contribution in [-0.2, 0) is 0 Å². The van der Waals surface area contributed by atoms with Crippen LogP contribution in [0.2, 0.25) is 10.0 Å². The summed E-state index contributed by atoms with van der Waals surface area (Å²) in [5, 5.41) is 10.9. The maximum atomic E-state index is 6.04. The maximum Gasteiger partial charge on any atom is 0.167 e. The monoisotopic (exact) mass is 300 g/mol. The van der Waals surface area contributed by atoms with Gasteiger partial charge in [0.25, 0.3) is 0 Å². The Morgan fingerprint density at radius 2 is 2.11 bits per heavy atom. The normalized spacial score (nSPS) is 14.1. The molecule has 2 unspecified atom stereocenters. The Kier molecular flexibility index (Phi) is 4.63. The summed E-state index contributed by atoms with van der Waals surface area (Å²) >= 11 is 11.9. The van der Waals surface area contributed by atoms with Gasteiger partial charge in [0.15, 0.2) is 5.82 Å².